The van der Waals surface area contributed by atoms with E-state index in [1.807, 2.05) is 12.3 Å². The highest BCUT2D eigenvalue weighted by Crippen LogP contribution is 2.09. The molecule has 20 heavy (non-hydrogen) atoms. The molecular formula is C14H18N4OS. The predicted octanol–water partition coefficient (Wildman–Crippen LogP) is 2.17. The van der Waals surface area contributed by atoms with Crippen LogP contribution in [0.5, 0.6) is 0 Å². The van der Waals surface area contributed by atoms with Crippen LogP contribution < -0.4 is 5.32 Å². The summed E-state index contributed by atoms with van der Waals surface area (Å²) < 4.78 is 0. The Morgan fingerprint density at radius 2 is 2.25 bits per heavy atom. The molecule has 0 radical (unpaired) electrons. The molecule has 1 N–H and O–H groups in total. The molecule has 0 aliphatic heterocycles. The second-order valence-electron chi connectivity index (χ2n) is 4.52. The monoisotopic (exact) mass is 290 g/mol. The van der Waals surface area contributed by atoms with Crippen molar-refractivity contribution in [2.24, 2.45) is 0 Å². The zero-order chi connectivity index (χ0) is 14.4. The van der Waals surface area contributed by atoms with Crippen LogP contribution in [0.4, 0.5) is 0 Å². The molecule has 2 aromatic rings. The van der Waals surface area contributed by atoms with E-state index in [1.54, 1.807) is 17.5 Å². The summed E-state index contributed by atoms with van der Waals surface area (Å²) in [6, 6.07) is 0. The minimum absolute atomic E-state index is 0.109. The quantitative estimate of drug-likeness (QED) is 0.885. The number of thiazole rings is 1. The Hall–Kier alpha value is -1.82. The Labute approximate surface area is 122 Å². The number of rotatable bonds is 6. The van der Waals surface area contributed by atoms with Crippen molar-refractivity contribution >= 4 is 17.2 Å². The van der Waals surface area contributed by atoms with Crippen LogP contribution in [0.15, 0.2) is 17.9 Å². The van der Waals surface area contributed by atoms with Gasteiger partial charge in [0.25, 0.3) is 5.91 Å². The van der Waals surface area contributed by atoms with Gasteiger partial charge in [-0.05, 0) is 13.3 Å². The summed E-state index contributed by atoms with van der Waals surface area (Å²) in [5.41, 5.74) is 2.41. The van der Waals surface area contributed by atoms with Crippen molar-refractivity contribution < 1.29 is 4.79 Å². The van der Waals surface area contributed by atoms with Gasteiger partial charge in [-0.25, -0.2) is 15.0 Å². The molecular weight excluding hydrogens is 272 g/mol. The molecule has 5 nitrogen and oxygen atoms in total. The average Bonchev–Trinajstić information content (AvgIpc) is 2.85. The number of hydrogen-bond donors (Lipinski definition) is 1. The molecule has 0 bridgehead atoms. The van der Waals surface area contributed by atoms with E-state index in [0.717, 1.165) is 35.7 Å². The van der Waals surface area contributed by atoms with Gasteiger partial charge < -0.3 is 5.32 Å². The van der Waals surface area contributed by atoms with E-state index in [1.165, 1.54) is 6.33 Å². The van der Waals surface area contributed by atoms with Gasteiger partial charge in [-0.2, -0.15) is 0 Å². The Morgan fingerprint density at radius 3 is 2.95 bits per heavy atom. The zero-order valence-electron chi connectivity index (χ0n) is 11.7. The Balaban J connectivity index is 1.91. The maximum atomic E-state index is 12.1. The number of nitrogens with zero attached hydrogens (tertiary/aromatic N) is 3. The molecule has 0 aliphatic carbocycles. The first-order valence-electron chi connectivity index (χ1n) is 6.68. The van der Waals surface area contributed by atoms with Gasteiger partial charge in [-0.15, -0.1) is 11.3 Å². The topological polar surface area (TPSA) is 67.8 Å². The fourth-order valence-corrected chi connectivity index (χ4v) is 2.65. The average molecular weight is 290 g/mol. The lowest BCUT2D eigenvalue weighted by Gasteiger charge is -2.07. The summed E-state index contributed by atoms with van der Waals surface area (Å²) in [5, 5.41) is 5.96. The lowest BCUT2D eigenvalue weighted by atomic mass is 10.1. The number of hydrogen-bond acceptors (Lipinski definition) is 5. The summed E-state index contributed by atoms with van der Waals surface area (Å²) in [4.78, 5) is 24.6. The molecule has 2 aromatic heterocycles. The van der Waals surface area contributed by atoms with Gasteiger partial charge in [0.05, 0.1) is 16.3 Å². The lowest BCUT2D eigenvalue weighted by molar-refractivity contribution is 0.0952. The van der Waals surface area contributed by atoms with Crippen molar-refractivity contribution in [1.29, 1.82) is 0 Å². The maximum absolute atomic E-state index is 12.1. The molecule has 1 amide bonds. The van der Waals surface area contributed by atoms with Crippen molar-refractivity contribution in [2.45, 2.75) is 33.1 Å². The third-order valence-corrected chi connectivity index (χ3v) is 3.84. The minimum atomic E-state index is -0.109. The van der Waals surface area contributed by atoms with E-state index >= 15 is 0 Å². The Morgan fingerprint density at radius 1 is 1.40 bits per heavy atom. The van der Waals surface area contributed by atoms with E-state index < -0.39 is 0 Å². The molecule has 106 valence electrons. The third-order valence-electron chi connectivity index (χ3n) is 2.82. The van der Waals surface area contributed by atoms with Crippen LogP contribution in [0, 0.1) is 6.92 Å². The summed E-state index contributed by atoms with van der Waals surface area (Å²) >= 11 is 1.62. The largest absolute Gasteiger partial charge is 0.352 e. The Kier molecular flexibility index (Phi) is 5.17. The van der Waals surface area contributed by atoms with Crippen LogP contribution in [-0.4, -0.2) is 27.4 Å². The van der Waals surface area contributed by atoms with Crippen LogP contribution >= 0.6 is 11.3 Å². The number of carbonyl (C=O) groups is 1. The van der Waals surface area contributed by atoms with Crippen molar-refractivity contribution in [3.05, 3.63) is 39.9 Å². The number of aromatic nitrogens is 3. The highest BCUT2D eigenvalue weighted by atomic mass is 32.1. The van der Waals surface area contributed by atoms with Gasteiger partial charge in [0.1, 0.15) is 6.33 Å². The van der Waals surface area contributed by atoms with Crippen LogP contribution in [0.1, 0.15) is 40.1 Å². The molecule has 0 aromatic carbocycles. The van der Waals surface area contributed by atoms with E-state index in [9.17, 15) is 4.79 Å². The molecule has 0 spiro atoms. The fourth-order valence-electron chi connectivity index (χ4n) is 1.88. The van der Waals surface area contributed by atoms with Gasteiger partial charge in [0.2, 0.25) is 0 Å². The lowest BCUT2D eigenvalue weighted by Crippen LogP contribution is -2.27. The van der Waals surface area contributed by atoms with Crippen LogP contribution in [0.3, 0.4) is 0 Å². The molecule has 0 saturated carbocycles. The molecule has 0 aliphatic rings. The van der Waals surface area contributed by atoms with Gasteiger partial charge in [0.15, 0.2) is 0 Å². The molecule has 6 heteroatoms. The standard InChI is InChI=1S/C14H18N4OS/c1-3-4-12-11(7-15-9-17-12)14(19)16-6-5-13-18-10(2)8-20-13/h7-9H,3-6H2,1-2H3,(H,16,19). The molecule has 0 saturated heterocycles. The number of nitrogens with one attached hydrogen (secondary N) is 1. The second kappa shape index (κ2) is 7.09. The van der Waals surface area contributed by atoms with Crippen molar-refractivity contribution in [3.8, 4) is 0 Å². The number of amides is 1. The van der Waals surface area contributed by atoms with Crippen molar-refractivity contribution in [3.63, 3.8) is 0 Å². The molecule has 2 rings (SSSR count). The summed E-state index contributed by atoms with van der Waals surface area (Å²) in [7, 11) is 0. The maximum Gasteiger partial charge on any atom is 0.254 e. The van der Waals surface area contributed by atoms with E-state index in [-0.39, 0.29) is 5.91 Å². The highest BCUT2D eigenvalue weighted by molar-refractivity contribution is 7.09. The van der Waals surface area contributed by atoms with Crippen LogP contribution in [-0.2, 0) is 12.8 Å². The van der Waals surface area contributed by atoms with Crippen molar-refractivity contribution in [2.75, 3.05) is 6.54 Å². The Bertz CT molecular complexity index is 582. The van der Waals surface area contributed by atoms with Crippen molar-refractivity contribution in [1.82, 2.24) is 20.3 Å². The molecule has 0 atom stereocenters. The van der Waals surface area contributed by atoms with Gasteiger partial charge in [-0.1, -0.05) is 13.3 Å². The van der Waals surface area contributed by atoms with Crippen LogP contribution in [0.25, 0.3) is 0 Å². The summed E-state index contributed by atoms with van der Waals surface area (Å²) in [6.07, 6.45) is 5.56. The molecule has 2 heterocycles. The van der Waals surface area contributed by atoms with Crippen LogP contribution in [0.2, 0.25) is 0 Å². The number of aryl methyl sites for hydroxylation is 2. The molecule has 0 fully saturated rings. The predicted molar refractivity (Wildman–Crippen MR) is 78.9 cm³/mol. The van der Waals surface area contributed by atoms with Gasteiger partial charge >= 0.3 is 0 Å². The fraction of sp³-hybridized carbons (Fsp3) is 0.429. The minimum Gasteiger partial charge on any atom is -0.352 e. The first-order chi connectivity index (χ1) is 9.70. The third kappa shape index (κ3) is 3.84. The smallest absolute Gasteiger partial charge is 0.254 e. The van der Waals surface area contributed by atoms with E-state index in [4.69, 9.17) is 0 Å². The zero-order valence-corrected chi connectivity index (χ0v) is 12.5. The first kappa shape index (κ1) is 14.6. The summed E-state index contributed by atoms with van der Waals surface area (Å²) in [6.45, 7) is 4.61. The molecule has 0 unspecified atom stereocenters. The van der Waals surface area contributed by atoms with Gasteiger partial charge in [0, 0.05) is 30.2 Å². The normalized spacial score (nSPS) is 10.5. The van der Waals surface area contributed by atoms with E-state index in [2.05, 4.69) is 27.2 Å². The van der Waals surface area contributed by atoms with Gasteiger partial charge in [-0.3, -0.25) is 4.79 Å². The van der Waals surface area contributed by atoms with E-state index in [0.29, 0.717) is 12.1 Å². The second-order valence-corrected chi connectivity index (χ2v) is 5.46. The summed E-state index contributed by atoms with van der Waals surface area (Å²) in [5.74, 6) is -0.109. The SMILES string of the molecule is CCCc1ncncc1C(=O)NCCc1nc(C)cs1. The first-order valence-corrected chi connectivity index (χ1v) is 7.56. The highest BCUT2D eigenvalue weighted by Gasteiger charge is 2.12. The number of carbonyl (C=O) groups excluding carboxylic acids is 1.